The molecule has 0 spiro atoms. The second-order valence-corrected chi connectivity index (χ2v) is 8.04. The average Bonchev–Trinajstić information content (AvgIpc) is 3.01. The molecule has 0 bridgehead atoms. The van der Waals surface area contributed by atoms with Crippen LogP contribution in [0.3, 0.4) is 0 Å². The number of anilines is 1. The summed E-state index contributed by atoms with van der Waals surface area (Å²) in [6, 6.07) is 9.94. The van der Waals surface area contributed by atoms with E-state index in [4.69, 9.17) is 0 Å². The molecule has 1 aromatic heterocycles. The number of carbonyl (C=O) groups excluding carboxylic acids is 2. The first kappa shape index (κ1) is 20.1. The molecule has 0 saturated carbocycles. The van der Waals surface area contributed by atoms with Crippen molar-refractivity contribution >= 4 is 28.3 Å². The fraction of sp³-hybridized carbons (Fsp3) is 0.450. The van der Waals surface area contributed by atoms with Gasteiger partial charge in [0.25, 0.3) is 0 Å². The lowest BCUT2D eigenvalue weighted by atomic mass is 10.1. The molecule has 2 rings (SSSR count). The predicted octanol–water partition coefficient (Wildman–Crippen LogP) is 3.90. The van der Waals surface area contributed by atoms with Gasteiger partial charge in [-0.05, 0) is 31.2 Å². The lowest BCUT2D eigenvalue weighted by Crippen LogP contribution is -2.39. The van der Waals surface area contributed by atoms with E-state index in [0.29, 0.717) is 30.4 Å². The van der Waals surface area contributed by atoms with Gasteiger partial charge < -0.3 is 10.2 Å². The van der Waals surface area contributed by atoms with Crippen LogP contribution < -0.4 is 5.32 Å². The fourth-order valence-corrected chi connectivity index (χ4v) is 3.19. The van der Waals surface area contributed by atoms with E-state index in [1.807, 2.05) is 37.3 Å². The maximum atomic E-state index is 12.7. The molecule has 26 heavy (non-hydrogen) atoms. The second-order valence-electron chi connectivity index (χ2n) is 6.81. The molecule has 0 saturated heterocycles. The van der Waals surface area contributed by atoms with Gasteiger partial charge in [-0.1, -0.05) is 44.2 Å². The van der Waals surface area contributed by atoms with Crippen molar-refractivity contribution in [2.75, 3.05) is 18.4 Å². The molecule has 6 heteroatoms. The summed E-state index contributed by atoms with van der Waals surface area (Å²) < 4.78 is 0. The third-order valence-corrected chi connectivity index (χ3v) is 4.83. The van der Waals surface area contributed by atoms with E-state index < -0.39 is 0 Å². The van der Waals surface area contributed by atoms with E-state index in [9.17, 15) is 9.59 Å². The van der Waals surface area contributed by atoms with Crippen molar-refractivity contribution in [3.63, 3.8) is 0 Å². The van der Waals surface area contributed by atoms with Gasteiger partial charge >= 0.3 is 0 Å². The van der Waals surface area contributed by atoms with Gasteiger partial charge in [0.1, 0.15) is 0 Å². The Morgan fingerprint density at radius 3 is 2.58 bits per heavy atom. The Morgan fingerprint density at radius 1 is 1.23 bits per heavy atom. The molecule has 0 radical (unpaired) electrons. The number of thiazole rings is 1. The lowest BCUT2D eigenvalue weighted by Gasteiger charge is -2.23. The molecule has 1 aromatic carbocycles. The number of nitrogens with one attached hydrogen (secondary N) is 1. The summed E-state index contributed by atoms with van der Waals surface area (Å²) >= 11 is 1.43. The topological polar surface area (TPSA) is 62.3 Å². The number of rotatable bonds is 9. The molecule has 0 aliphatic heterocycles. The van der Waals surface area contributed by atoms with Gasteiger partial charge in [-0.15, -0.1) is 11.3 Å². The highest BCUT2D eigenvalue weighted by Crippen LogP contribution is 2.16. The molecule has 0 atom stereocenters. The van der Waals surface area contributed by atoms with E-state index >= 15 is 0 Å². The molecular formula is C20H27N3O2S. The number of nitrogens with zero attached hydrogens (tertiary/aromatic N) is 2. The zero-order chi connectivity index (χ0) is 18.9. The predicted molar refractivity (Wildman–Crippen MR) is 106 cm³/mol. The van der Waals surface area contributed by atoms with Crippen LogP contribution in [0.4, 0.5) is 5.13 Å². The van der Waals surface area contributed by atoms with Crippen molar-refractivity contribution in [2.24, 2.45) is 5.92 Å². The van der Waals surface area contributed by atoms with Crippen molar-refractivity contribution in [3.05, 3.63) is 47.0 Å². The zero-order valence-corrected chi connectivity index (χ0v) is 16.5. The summed E-state index contributed by atoms with van der Waals surface area (Å²) in [6.07, 6.45) is 3.69. The van der Waals surface area contributed by atoms with E-state index in [1.165, 1.54) is 11.3 Å². The van der Waals surface area contributed by atoms with E-state index in [-0.39, 0.29) is 18.4 Å². The Labute approximate surface area is 159 Å². The fourth-order valence-electron chi connectivity index (χ4n) is 2.50. The second kappa shape index (κ2) is 10.1. The summed E-state index contributed by atoms with van der Waals surface area (Å²) in [5.41, 5.74) is 1.13. The molecule has 0 unspecified atom stereocenters. The van der Waals surface area contributed by atoms with Crippen molar-refractivity contribution < 1.29 is 9.59 Å². The Morgan fingerprint density at radius 2 is 1.96 bits per heavy atom. The highest BCUT2D eigenvalue weighted by Gasteiger charge is 2.18. The smallest absolute Gasteiger partial charge is 0.245 e. The monoisotopic (exact) mass is 373 g/mol. The van der Waals surface area contributed by atoms with Crippen molar-refractivity contribution in [1.29, 1.82) is 0 Å². The maximum absolute atomic E-state index is 12.7. The molecule has 140 valence electrons. The summed E-state index contributed by atoms with van der Waals surface area (Å²) in [5, 5.41) is 3.36. The average molecular weight is 374 g/mol. The number of aromatic nitrogens is 1. The van der Waals surface area contributed by atoms with Gasteiger partial charge in [0.15, 0.2) is 5.13 Å². The minimum atomic E-state index is -0.198. The van der Waals surface area contributed by atoms with Gasteiger partial charge in [0.2, 0.25) is 11.8 Å². The number of carbonyl (C=O) groups is 2. The highest BCUT2D eigenvalue weighted by molar-refractivity contribution is 7.15. The van der Waals surface area contributed by atoms with Crippen molar-refractivity contribution in [2.45, 2.75) is 40.0 Å². The molecule has 2 amide bonds. The Kier molecular flexibility index (Phi) is 7.78. The van der Waals surface area contributed by atoms with E-state index in [0.717, 1.165) is 16.9 Å². The van der Waals surface area contributed by atoms with E-state index in [1.54, 1.807) is 11.1 Å². The summed E-state index contributed by atoms with van der Waals surface area (Å²) in [4.78, 5) is 31.8. The first-order chi connectivity index (χ1) is 12.4. The zero-order valence-electron chi connectivity index (χ0n) is 15.7. The maximum Gasteiger partial charge on any atom is 0.245 e. The molecule has 1 heterocycles. The summed E-state index contributed by atoms with van der Waals surface area (Å²) in [6.45, 7) is 6.83. The van der Waals surface area contributed by atoms with Gasteiger partial charge in [-0.25, -0.2) is 4.98 Å². The number of amides is 2. The normalized spacial score (nSPS) is 10.8. The first-order valence-electron chi connectivity index (χ1n) is 8.98. The van der Waals surface area contributed by atoms with Gasteiger partial charge in [0, 0.05) is 24.0 Å². The minimum Gasteiger partial charge on any atom is -0.333 e. The van der Waals surface area contributed by atoms with Crippen LogP contribution in [-0.4, -0.2) is 34.8 Å². The third kappa shape index (κ3) is 6.96. The van der Waals surface area contributed by atoms with Crippen LogP contribution in [-0.2, 0) is 16.0 Å². The Bertz CT molecular complexity index is 713. The van der Waals surface area contributed by atoms with Crippen LogP contribution in [0.15, 0.2) is 36.5 Å². The Balaban J connectivity index is 1.92. The standard InChI is InChI=1S/C20H27N3O2S/c1-15(2)11-12-23(14-18(24)22-20-21-13-16(3)26-20)19(25)10-9-17-7-5-4-6-8-17/h4-8,13,15H,9-12,14H2,1-3H3,(H,21,22,24). The quantitative estimate of drug-likeness (QED) is 0.725. The van der Waals surface area contributed by atoms with Crippen LogP contribution in [0.2, 0.25) is 0 Å². The molecule has 0 aliphatic carbocycles. The van der Waals surface area contributed by atoms with Crippen LogP contribution in [0.5, 0.6) is 0 Å². The van der Waals surface area contributed by atoms with Gasteiger partial charge in [0.05, 0.1) is 6.54 Å². The summed E-state index contributed by atoms with van der Waals surface area (Å²) in [7, 11) is 0. The molecular weight excluding hydrogens is 346 g/mol. The largest absolute Gasteiger partial charge is 0.333 e. The van der Waals surface area contributed by atoms with Crippen LogP contribution in [0.1, 0.15) is 37.1 Å². The van der Waals surface area contributed by atoms with Crippen molar-refractivity contribution in [3.8, 4) is 0 Å². The first-order valence-corrected chi connectivity index (χ1v) is 9.79. The number of aryl methyl sites for hydroxylation is 2. The number of hydrogen-bond acceptors (Lipinski definition) is 4. The number of hydrogen-bond donors (Lipinski definition) is 1. The van der Waals surface area contributed by atoms with E-state index in [2.05, 4.69) is 24.1 Å². The number of benzene rings is 1. The Hall–Kier alpha value is -2.21. The van der Waals surface area contributed by atoms with Crippen LogP contribution in [0.25, 0.3) is 0 Å². The lowest BCUT2D eigenvalue weighted by molar-refractivity contribution is -0.134. The minimum absolute atomic E-state index is 0.0139. The molecule has 1 N–H and O–H groups in total. The van der Waals surface area contributed by atoms with Crippen LogP contribution >= 0.6 is 11.3 Å². The SMILES string of the molecule is Cc1cnc(NC(=O)CN(CCC(C)C)C(=O)CCc2ccccc2)s1. The van der Waals surface area contributed by atoms with Gasteiger partial charge in [-0.3, -0.25) is 9.59 Å². The highest BCUT2D eigenvalue weighted by atomic mass is 32.1. The summed E-state index contributed by atoms with van der Waals surface area (Å²) in [5.74, 6) is 0.292. The molecule has 5 nitrogen and oxygen atoms in total. The van der Waals surface area contributed by atoms with Crippen molar-refractivity contribution in [1.82, 2.24) is 9.88 Å². The van der Waals surface area contributed by atoms with Crippen LogP contribution in [0, 0.1) is 12.8 Å². The molecule has 0 aliphatic rings. The molecule has 2 aromatic rings. The third-order valence-electron chi connectivity index (χ3n) is 4.00. The molecule has 0 fully saturated rings. The van der Waals surface area contributed by atoms with Gasteiger partial charge in [-0.2, -0.15) is 0 Å².